The van der Waals surface area contributed by atoms with Gasteiger partial charge in [-0.1, -0.05) is 31.1 Å². The summed E-state index contributed by atoms with van der Waals surface area (Å²) in [4.78, 5) is 34.0. The topological polar surface area (TPSA) is 88.8 Å². The van der Waals surface area contributed by atoms with E-state index in [0.717, 1.165) is 24.9 Å². The normalized spacial score (nSPS) is 21.4. The van der Waals surface area contributed by atoms with E-state index in [1.54, 1.807) is 24.1 Å². The number of nitrogens with zero attached hydrogens (tertiary/aromatic N) is 4. The average Bonchev–Trinajstić information content (AvgIpc) is 3.48. The van der Waals surface area contributed by atoms with E-state index in [4.69, 9.17) is 9.26 Å². The Hall–Kier alpha value is -2.74. The van der Waals surface area contributed by atoms with Crippen molar-refractivity contribution in [3.63, 3.8) is 0 Å². The zero-order chi connectivity index (χ0) is 21.3. The standard InChI is InChI=1S/C22H28N4O4/c1-15(2)19-23-18(24-30-19)16-4-6-17(7-5-16)20(27)26-11-9-22(14-26)8-10-25(21(22)28)12-13-29-3/h4-7,15H,8-14H2,1-3H3. The van der Waals surface area contributed by atoms with E-state index < -0.39 is 5.41 Å². The minimum Gasteiger partial charge on any atom is -0.383 e. The molecule has 1 spiro atoms. The van der Waals surface area contributed by atoms with E-state index in [-0.39, 0.29) is 17.7 Å². The van der Waals surface area contributed by atoms with Crippen molar-refractivity contribution in [1.29, 1.82) is 0 Å². The summed E-state index contributed by atoms with van der Waals surface area (Å²) in [5.74, 6) is 1.39. The van der Waals surface area contributed by atoms with Crippen molar-refractivity contribution in [1.82, 2.24) is 19.9 Å². The molecule has 2 amide bonds. The smallest absolute Gasteiger partial charge is 0.253 e. The summed E-state index contributed by atoms with van der Waals surface area (Å²) in [7, 11) is 1.64. The van der Waals surface area contributed by atoms with Crippen LogP contribution in [0.3, 0.4) is 0 Å². The van der Waals surface area contributed by atoms with Crippen LogP contribution in [-0.4, -0.2) is 71.7 Å². The van der Waals surface area contributed by atoms with Crippen molar-refractivity contribution >= 4 is 11.8 Å². The van der Waals surface area contributed by atoms with E-state index in [1.807, 2.05) is 30.9 Å². The largest absolute Gasteiger partial charge is 0.383 e. The second-order valence-electron chi connectivity index (χ2n) is 8.48. The van der Waals surface area contributed by atoms with E-state index >= 15 is 0 Å². The van der Waals surface area contributed by atoms with Crippen molar-refractivity contribution in [2.24, 2.45) is 5.41 Å². The molecule has 2 fully saturated rings. The third-order valence-corrected chi connectivity index (χ3v) is 6.13. The van der Waals surface area contributed by atoms with Gasteiger partial charge in [0.15, 0.2) is 0 Å². The summed E-state index contributed by atoms with van der Waals surface area (Å²) in [5, 5.41) is 4.01. The van der Waals surface area contributed by atoms with Crippen LogP contribution in [0.2, 0.25) is 0 Å². The lowest BCUT2D eigenvalue weighted by Gasteiger charge is -2.23. The second kappa shape index (κ2) is 8.18. The molecule has 2 aliphatic heterocycles. The van der Waals surface area contributed by atoms with Gasteiger partial charge in [-0.15, -0.1) is 0 Å². The van der Waals surface area contributed by atoms with Gasteiger partial charge in [0.25, 0.3) is 5.91 Å². The molecule has 4 rings (SSSR count). The van der Waals surface area contributed by atoms with Gasteiger partial charge in [-0.25, -0.2) is 0 Å². The molecule has 0 aliphatic carbocycles. The summed E-state index contributed by atoms with van der Waals surface area (Å²) in [6.07, 6.45) is 1.52. The molecule has 8 nitrogen and oxygen atoms in total. The first-order chi connectivity index (χ1) is 14.4. The van der Waals surface area contributed by atoms with Crippen molar-refractivity contribution in [3.8, 4) is 11.4 Å². The highest BCUT2D eigenvalue weighted by molar-refractivity contribution is 5.96. The molecule has 0 N–H and O–H groups in total. The van der Waals surface area contributed by atoms with Crippen molar-refractivity contribution in [2.45, 2.75) is 32.6 Å². The van der Waals surface area contributed by atoms with Gasteiger partial charge in [0.1, 0.15) is 0 Å². The van der Waals surface area contributed by atoms with Crippen LogP contribution in [0.1, 0.15) is 48.9 Å². The third-order valence-electron chi connectivity index (χ3n) is 6.13. The Morgan fingerprint density at radius 2 is 1.97 bits per heavy atom. The fourth-order valence-corrected chi connectivity index (χ4v) is 4.26. The van der Waals surface area contributed by atoms with Gasteiger partial charge >= 0.3 is 0 Å². The summed E-state index contributed by atoms with van der Waals surface area (Å²) < 4.78 is 10.4. The molecule has 0 radical (unpaired) electrons. The van der Waals surface area contributed by atoms with Crippen LogP contribution in [0.25, 0.3) is 11.4 Å². The lowest BCUT2D eigenvalue weighted by molar-refractivity contribution is -0.135. The van der Waals surface area contributed by atoms with Crippen LogP contribution in [0.5, 0.6) is 0 Å². The van der Waals surface area contributed by atoms with E-state index in [0.29, 0.717) is 43.5 Å². The highest BCUT2D eigenvalue weighted by atomic mass is 16.5. The molecule has 160 valence electrons. The van der Waals surface area contributed by atoms with Gasteiger partial charge < -0.3 is 19.1 Å². The minimum atomic E-state index is -0.429. The van der Waals surface area contributed by atoms with E-state index in [1.165, 1.54) is 0 Å². The molecule has 1 atom stereocenters. The molecule has 30 heavy (non-hydrogen) atoms. The number of carbonyl (C=O) groups excluding carboxylic acids is 2. The molecule has 1 aromatic carbocycles. The Bertz CT molecular complexity index is 923. The van der Waals surface area contributed by atoms with Crippen LogP contribution >= 0.6 is 0 Å². The van der Waals surface area contributed by atoms with Gasteiger partial charge in [0, 0.05) is 50.3 Å². The highest BCUT2D eigenvalue weighted by Crippen LogP contribution is 2.41. The number of ether oxygens (including phenoxy) is 1. The number of benzene rings is 1. The SMILES string of the molecule is COCCN1CCC2(CCN(C(=O)c3ccc(-c4noc(C(C)C)n4)cc3)C2)C1=O. The summed E-state index contributed by atoms with van der Waals surface area (Å²) in [6.45, 7) is 6.96. The highest BCUT2D eigenvalue weighted by Gasteiger charge is 2.51. The van der Waals surface area contributed by atoms with E-state index in [2.05, 4.69) is 10.1 Å². The van der Waals surface area contributed by atoms with Gasteiger partial charge in [-0.3, -0.25) is 9.59 Å². The molecule has 2 aromatic rings. The molecule has 1 aromatic heterocycles. The van der Waals surface area contributed by atoms with Crippen LogP contribution in [0.4, 0.5) is 0 Å². The van der Waals surface area contributed by atoms with Crippen molar-refractivity contribution in [3.05, 3.63) is 35.7 Å². The van der Waals surface area contributed by atoms with Gasteiger partial charge in [-0.2, -0.15) is 4.98 Å². The van der Waals surface area contributed by atoms with Gasteiger partial charge in [-0.05, 0) is 25.0 Å². The fourth-order valence-electron chi connectivity index (χ4n) is 4.26. The first-order valence-electron chi connectivity index (χ1n) is 10.5. The molecule has 2 aliphatic rings. The predicted molar refractivity (Wildman–Crippen MR) is 110 cm³/mol. The molecule has 2 saturated heterocycles. The number of hydrogen-bond donors (Lipinski definition) is 0. The number of rotatable bonds is 6. The van der Waals surface area contributed by atoms with Crippen molar-refractivity contribution < 1.29 is 18.8 Å². The van der Waals surface area contributed by atoms with Gasteiger partial charge in [0.2, 0.25) is 17.6 Å². The molecule has 0 bridgehead atoms. The molecule has 8 heteroatoms. The summed E-state index contributed by atoms with van der Waals surface area (Å²) in [5.41, 5.74) is 0.978. The van der Waals surface area contributed by atoms with E-state index in [9.17, 15) is 9.59 Å². The first kappa shape index (κ1) is 20.5. The Balaban J connectivity index is 1.42. The maximum atomic E-state index is 13.0. The quantitative estimate of drug-likeness (QED) is 0.725. The number of aromatic nitrogens is 2. The molecule has 0 saturated carbocycles. The Kier molecular flexibility index (Phi) is 5.60. The Morgan fingerprint density at radius 1 is 1.23 bits per heavy atom. The summed E-state index contributed by atoms with van der Waals surface area (Å²) >= 11 is 0. The van der Waals surface area contributed by atoms with Crippen molar-refractivity contribution in [2.75, 3.05) is 39.9 Å². The Labute approximate surface area is 176 Å². The fraction of sp³-hybridized carbons (Fsp3) is 0.545. The zero-order valence-electron chi connectivity index (χ0n) is 17.8. The zero-order valence-corrected chi connectivity index (χ0v) is 17.8. The third kappa shape index (κ3) is 3.71. The first-order valence-corrected chi connectivity index (χ1v) is 10.5. The number of likely N-dealkylation sites (tertiary alicyclic amines) is 2. The molecule has 3 heterocycles. The van der Waals surface area contributed by atoms with Crippen LogP contribution < -0.4 is 0 Å². The average molecular weight is 412 g/mol. The Morgan fingerprint density at radius 3 is 2.63 bits per heavy atom. The monoisotopic (exact) mass is 412 g/mol. The van der Waals surface area contributed by atoms with Crippen LogP contribution in [-0.2, 0) is 9.53 Å². The summed E-state index contributed by atoms with van der Waals surface area (Å²) in [6, 6.07) is 7.24. The number of carbonyl (C=O) groups is 2. The number of amides is 2. The molecular weight excluding hydrogens is 384 g/mol. The maximum Gasteiger partial charge on any atom is 0.253 e. The van der Waals surface area contributed by atoms with Gasteiger partial charge in [0.05, 0.1) is 12.0 Å². The lowest BCUT2D eigenvalue weighted by Crippen LogP contribution is -2.39. The second-order valence-corrected chi connectivity index (χ2v) is 8.48. The van der Waals surface area contributed by atoms with Crippen LogP contribution in [0, 0.1) is 5.41 Å². The van der Waals surface area contributed by atoms with Crippen LogP contribution in [0.15, 0.2) is 28.8 Å². The molecule has 1 unspecified atom stereocenters. The lowest BCUT2D eigenvalue weighted by atomic mass is 9.85. The predicted octanol–water partition coefficient (Wildman–Crippen LogP) is 2.57. The number of hydrogen-bond acceptors (Lipinski definition) is 6. The maximum absolute atomic E-state index is 13.0. The number of methoxy groups -OCH3 is 1. The molecular formula is C22H28N4O4. The minimum absolute atomic E-state index is 0.0439.